The molecule has 2 rings (SSSR count). The Morgan fingerprint density at radius 1 is 1.64 bits per heavy atom. The van der Waals surface area contributed by atoms with Gasteiger partial charge in [0.05, 0.1) is 6.54 Å². The van der Waals surface area contributed by atoms with Crippen molar-refractivity contribution in [2.24, 2.45) is 0 Å². The molecule has 2 heterocycles. The van der Waals surface area contributed by atoms with Gasteiger partial charge in [0.25, 0.3) is 0 Å². The van der Waals surface area contributed by atoms with Gasteiger partial charge in [-0.15, -0.1) is 11.3 Å². The van der Waals surface area contributed by atoms with Gasteiger partial charge in [0.1, 0.15) is 5.01 Å². The van der Waals surface area contributed by atoms with E-state index in [0.717, 1.165) is 5.01 Å². The van der Waals surface area contributed by atoms with Crippen molar-refractivity contribution in [2.45, 2.75) is 6.54 Å². The fourth-order valence-corrected chi connectivity index (χ4v) is 1.64. The first-order valence-corrected chi connectivity index (χ1v) is 4.79. The van der Waals surface area contributed by atoms with Gasteiger partial charge in [-0.2, -0.15) is 5.10 Å². The lowest BCUT2D eigenvalue weighted by atomic mass is 10.5. The number of carboxylic acids is 1. The molecule has 0 aliphatic carbocycles. The molecule has 6 heteroatoms. The number of rotatable bonds is 3. The maximum absolute atomic E-state index is 10.5. The molecule has 14 heavy (non-hydrogen) atoms. The Hall–Kier alpha value is -1.69. The molecule has 0 atom stereocenters. The van der Waals surface area contributed by atoms with Crippen LogP contribution in [0.3, 0.4) is 0 Å². The fraction of sp³-hybridized carbons (Fsp3) is 0.125. The summed E-state index contributed by atoms with van der Waals surface area (Å²) in [7, 11) is 0. The third kappa shape index (κ3) is 1.80. The third-order valence-electron chi connectivity index (χ3n) is 1.64. The van der Waals surface area contributed by atoms with Crippen LogP contribution in [0.5, 0.6) is 0 Å². The summed E-state index contributed by atoms with van der Waals surface area (Å²) < 4.78 is 1.56. The van der Waals surface area contributed by atoms with Crippen LogP contribution in [0.25, 0.3) is 0 Å². The maximum Gasteiger partial charge on any atom is 0.356 e. The van der Waals surface area contributed by atoms with Crippen LogP contribution in [0.15, 0.2) is 23.8 Å². The van der Waals surface area contributed by atoms with E-state index in [-0.39, 0.29) is 5.69 Å². The highest BCUT2D eigenvalue weighted by Gasteiger charge is 2.06. The van der Waals surface area contributed by atoms with E-state index in [9.17, 15) is 4.79 Å². The summed E-state index contributed by atoms with van der Waals surface area (Å²) in [5.74, 6) is -1.01. The number of nitrogens with zero attached hydrogens (tertiary/aromatic N) is 3. The zero-order valence-corrected chi connectivity index (χ0v) is 7.94. The van der Waals surface area contributed by atoms with E-state index in [4.69, 9.17) is 5.11 Å². The predicted molar refractivity (Wildman–Crippen MR) is 50.4 cm³/mol. The lowest BCUT2D eigenvalue weighted by Crippen LogP contribution is -2.03. The van der Waals surface area contributed by atoms with Gasteiger partial charge in [-0.3, -0.25) is 4.68 Å². The number of hydrogen-bond donors (Lipinski definition) is 1. The SMILES string of the molecule is O=C(O)c1ccn(Cc2nccs2)n1. The number of aromatic carboxylic acids is 1. The van der Waals surface area contributed by atoms with Crippen molar-refractivity contribution in [2.75, 3.05) is 0 Å². The van der Waals surface area contributed by atoms with Gasteiger partial charge in [0.2, 0.25) is 0 Å². The van der Waals surface area contributed by atoms with Crippen LogP contribution in [0.4, 0.5) is 0 Å². The zero-order valence-electron chi connectivity index (χ0n) is 7.12. The maximum atomic E-state index is 10.5. The molecule has 0 saturated carbocycles. The van der Waals surface area contributed by atoms with Crippen LogP contribution in [-0.2, 0) is 6.54 Å². The molecule has 0 aromatic carbocycles. The molecule has 0 unspecified atom stereocenters. The molecule has 0 saturated heterocycles. The average Bonchev–Trinajstić information content (AvgIpc) is 2.75. The lowest BCUT2D eigenvalue weighted by Gasteiger charge is -1.95. The van der Waals surface area contributed by atoms with Crippen LogP contribution in [-0.4, -0.2) is 25.8 Å². The van der Waals surface area contributed by atoms with E-state index < -0.39 is 5.97 Å². The normalized spacial score (nSPS) is 10.3. The first kappa shape index (κ1) is 8.89. The van der Waals surface area contributed by atoms with Crippen LogP contribution in [0.1, 0.15) is 15.5 Å². The molecule has 0 spiro atoms. The molecular formula is C8H7N3O2S. The monoisotopic (exact) mass is 209 g/mol. The topological polar surface area (TPSA) is 68.0 Å². The van der Waals surface area contributed by atoms with Gasteiger partial charge in [0, 0.05) is 17.8 Å². The minimum Gasteiger partial charge on any atom is -0.476 e. The number of thiazole rings is 1. The van der Waals surface area contributed by atoms with Crippen molar-refractivity contribution in [3.8, 4) is 0 Å². The van der Waals surface area contributed by atoms with Crippen LogP contribution >= 0.6 is 11.3 Å². The Bertz CT molecular complexity index is 435. The minimum atomic E-state index is -1.01. The number of hydrogen-bond acceptors (Lipinski definition) is 4. The molecular weight excluding hydrogens is 202 g/mol. The van der Waals surface area contributed by atoms with E-state index in [2.05, 4.69) is 10.1 Å². The molecule has 0 radical (unpaired) electrons. The van der Waals surface area contributed by atoms with E-state index >= 15 is 0 Å². The first-order chi connectivity index (χ1) is 6.75. The van der Waals surface area contributed by atoms with Crippen LogP contribution < -0.4 is 0 Å². The second-order valence-electron chi connectivity index (χ2n) is 2.63. The molecule has 0 fully saturated rings. The molecule has 0 aliphatic heterocycles. The van der Waals surface area contributed by atoms with E-state index in [1.165, 1.54) is 17.4 Å². The molecule has 72 valence electrons. The number of aromatic nitrogens is 3. The van der Waals surface area contributed by atoms with Gasteiger partial charge in [-0.25, -0.2) is 9.78 Å². The summed E-state index contributed by atoms with van der Waals surface area (Å²) in [6.07, 6.45) is 3.34. The summed E-state index contributed by atoms with van der Waals surface area (Å²) in [6.45, 7) is 0.519. The van der Waals surface area contributed by atoms with Crippen molar-refractivity contribution in [1.29, 1.82) is 0 Å². The number of carbonyl (C=O) groups is 1. The Labute approximate surface area is 83.6 Å². The summed E-state index contributed by atoms with van der Waals surface area (Å²) in [5, 5.41) is 15.3. The molecule has 1 N–H and O–H groups in total. The summed E-state index contributed by atoms with van der Waals surface area (Å²) in [4.78, 5) is 14.6. The quantitative estimate of drug-likeness (QED) is 0.821. The zero-order chi connectivity index (χ0) is 9.97. The summed E-state index contributed by atoms with van der Waals surface area (Å²) in [5.41, 5.74) is 0.0570. The van der Waals surface area contributed by atoms with Crippen molar-refractivity contribution in [3.63, 3.8) is 0 Å². The van der Waals surface area contributed by atoms with Crippen molar-refractivity contribution in [3.05, 3.63) is 34.5 Å². The molecule has 0 aliphatic rings. The molecule has 0 amide bonds. The van der Waals surface area contributed by atoms with Crippen molar-refractivity contribution >= 4 is 17.3 Å². The highest BCUT2D eigenvalue weighted by atomic mass is 32.1. The smallest absolute Gasteiger partial charge is 0.356 e. The van der Waals surface area contributed by atoms with Crippen LogP contribution in [0.2, 0.25) is 0 Å². The van der Waals surface area contributed by atoms with Crippen molar-refractivity contribution in [1.82, 2.24) is 14.8 Å². The van der Waals surface area contributed by atoms with Crippen LogP contribution in [0, 0.1) is 0 Å². The largest absolute Gasteiger partial charge is 0.476 e. The van der Waals surface area contributed by atoms with Crippen molar-refractivity contribution < 1.29 is 9.90 Å². The van der Waals surface area contributed by atoms with E-state index in [1.54, 1.807) is 17.1 Å². The molecule has 2 aromatic heterocycles. The minimum absolute atomic E-state index is 0.0570. The highest BCUT2D eigenvalue weighted by molar-refractivity contribution is 7.09. The predicted octanol–water partition coefficient (Wildman–Crippen LogP) is 1.09. The van der Waals surface area contributed by atoms with E-state index in [0.29, 0.717) is 6.54 Å². The lowest BCUT2D eigenvalue weighted by molar-refractivity contribution is 0.0689. The van der Waals surface area contributed by atoms with Gasteiger partial charge in [-0.05, 0) is 6.07 Å². The summed E-state index contributed by atoms with van der Waals surface area (Å²) >= 11 is 1.52. The van der Waals surface area contributed by atoms with Gasteiger partial charge >= 0.3 is 5.97 Å². The molecule has 0 bridgehead atoms. The Morgan fingerprint density at radius 2 is 2.50 bits per heavy atom. The van der Waals surface area contributed by atoms with Gasteiger partial charge in [0.15, 0.2) is 5.69 Å². The Kier molecular flexibility index (Phi) is 2.28. The standard InChI is InChI=1S/C8H7N3O2S/c12-8(13)6-1-3-11(10-6)5-7-9-2-4-14-7/h1-4H,5H2,(H,12,13). The third-order valence-corrected chi connectivity index (χ3v) is 2.40. The fourth-order valence-electron chi connectivity index (χ4n) is 1.03. The average molecular weight is 209 g/mol. The second-order valence-corrected chi connectivity index (χ2v) is 3.61. The Morgan fingerprint density at radius 3 is 3.07 bits per heavy atom. The second kappa shape index (κ2) is 3.59. The highest BCUT2D eigenvalue weighted by Crippen LogP contribution is 2.06. The molecule has 5 nitrogen and oxygen atoms in total. The Balaban J connectivity index is 2.14. The first-order valence-electron chi connectivity index (χ1n) is 3.91. The van der Waals surface area contributed by atoms with E-state index in [1.807, 2.05) is 5.38 Å². The molecule has 2 aromatic rings. The summed E-state index contributed by atoms with van der Waals surface area (Å²) in [6, 6.07) is 1.47. The number of carboxylic acid groups (broad SMARTS) is 1. The van der Waals surface area contributed by atoms with Gasteiger partial charge in [-0.1, -0.05) is 0 Å². The van der Waals surface area contributed by atoms with Gasteiger partial charge < -0.3 is 5.11 Å².